The number of halogens is 1. The molecular weight excluding hydrogens is 844 g/mol. The fraction of sp³-hybridized carbons (Fsp3) is 0.360. The first-order chi connectivity index (χ1) is 31.4. The number of phenols is 2. The number of aromatic hydroxyl groups is 2. The van der Waals surface area contributed by atoms with E-state index < -0.39 is 0 Å². The molecule has 4 aliphatic heterocycles. The summed E-state index contributed by atoms with van der Waals surface area (Å²) in [4.78, 5) is 59.9. The predicted octanol–water partition coefficient (Wildman–Crippen LogP) is 7.19. The van der Waals surface area contributed by atoms with Gasteiger partial charge in [-0.3, -0.25) is 14.4 Å². The Morgan fingerprint density at radius 1 is 0.908 bits per heavy atom. The first kappa shape index (κ1) is 43.4. The van der Waals surface area contributed by atoms with Gasteiger partial charge in [0.1, 0.15) is 17.3 Å². The zero-order chi connectivity index (χ0) is 45.5. The number of anilines is 2. The maximum Gasteiger partial charge on any atom is 0.318 e. The van der Waals surface area contributed by atoms with Gasteiger partial charge in [-0.15, -0.1) is 0 Å². The lowest BCUT2D eigenvalue weighted by Crippen LogP contribution is -2.55. The van der Waals surface area contributed by atoms with E-state index in [1.165, 1.54) is 12.1 Å². The zero-order valence-corrected chi connectivity index (χ0v) is 37.3. The molecular formula is C50H51ClN8O6. The second kappa shape index (κ2) is 18.0. The Bertz CT molecular complexity index is 2770. The lowest BCUT2D eigenvalue weighted by Gasteiger charge is -2.42. The van der Waals surface area contributed by atoms with Crippen LogP contribution in [0.15, 0.2) is 79.4 Å². The molecule has 334 valence electrons. The SMILES string of the molecule is C=CC(=O)N1CCN(c2nc(OC[C@@H]3CCN(C(=O)c4ccc5c(c4)CN(C(=O)c4cc(C(C)C)c(O)cc4O)C5)C3)nc3c2CCN(c2cccc4cccc(Cl)c24)C3)C[C@@H]1CC#N. The Morgan fingerprint density at radius 2 is 1.71 bits per heavy atom. The molecule has 4 aromatic carbocycles. The summed E-state index contributed by atoms with van der Waals surface area (Å²) in [6.07, 6.45) is 2.87. The van der Waals surface area contributed by atoms with Crippen LogP contribution in [0.2, 0.25) is 5.02 Å². The molecule has 5 heterocycles. The van der Waals surface area contributed by atoms with Crippen molar-refractivity contribution >= 4 is 51.6 Å². The number of hydrogen-bond donors (Lipinski definition) is 2. The molecule has 2 atom stereocenters. The summed E-state index contributed by atoms with van der Waals surface area (Å²) in [6.45, 7) is 12.0. The molecule has 0 aliphatic carbocycles. The number of benzene rings is 4. The molecule has 2 saturated heterocycles. The number of phenolic OH excluding ortho intramolecular Hbond substituents is 2. The van der Waals surface area contributed by atoms with E-state index in [0.717, 1.165) is 51.1 Å². The molecule has 0 bridgehead atoms. The minimum Gasteiger partial charge on any atom is -0.508 e. The molecule has 14 nitrogen and oxygen atoms in total. The number of nitrogens with zero attached hydrogens (tertiary/aromatic N) is 8. The van der Waals surface area contributed by atoms with Crippen LogP contribution in [0.1, 0.15) is 81.3 Å². The van der Waals surface area contributed by atoms with E-state index in [1.807, 2.05) is 49.1 Å². The van der Waals surface area contributed by atoms with Crippen molar-refractivity contribution < 1.29 is 29.3 Å². The van der Waals surface area contributed by atoms with Crippen LogP contribution in [0.4, 0.5) is 11.5 Å². The van der Waals surface area contributed by atoms with Gasteiger partial charge < -0.3 is 39.4 Å². The highest BCUT2D eigenvalue weighted by Crippen LogP contribution is 2.39. The molecule has 2 fully saturated rings. The first-order valence-electron chi connectivity index (χ1n) is 22.2. The number of hydrogen-bond acceptors (Lipinski definition) is 11. The number of nitriles is 1. The van der Waals surface area contributed by atoms with E-state index in [2.05, 4.69) is 40.6 Å². The maximum atomic E-state index is 13.9. The van der Waals surface area contributed by atoms with Crippen LogP contribution in [0.5, 0.6) is 17.5 Å². The van der Waals surface area contributed by atoms with Gasteiger partial charge in [0.15, 0.2) is 0 Å². The van der Waals surface area contributed by atoms with Gasteiger partial charge in [-0.05, 0) is 77.2 Å². The number of fused-ring (bicyclic) bond motifs is 3. The van der Waals surface area contributed by atoms with Crippen LogP contribution < -0.4 is 14.5 Å². The third kappa shape index (κ3) is 8.48. The van der Waals surface area contributed by atoms with Crippen molar-refractivity contribution in [3.8, 4) is 23.6 Å². The number of rotatable bonds is 10. The van der Waals surface area contributed by atoms with Crippen LogP contribution in [0.3, 0.4) is 0 Å². The Kier molecular flexibility index (Phi) is 12.0. The molecule has 15 heteroatoms. The van der Waals surface area contributed by atoms with Gasteiger partial charge in [-0.2, -0.15) is 15.2 Å². The molecule has 65 heavy (non-hydrogen) atoms. The lowest BCUT2D eigenvalue weighted by atomic mass is 9.98. The molecule has 1 aromatic heterocycles. The number of piperazine rings is 1. The highest BCUT2D eigenvalue weighted by molar-refractivity contribution is 6.36. The van der Waals surface area contributed by atoms with Crippen molar-refractivity contribution in [2.24, 2.45) is 5.92 Å². The monoisotopic (exact) mass is 894 g/mol. The van der Waals surface area contributed by atoms with Gasteiger partial charge in [0, 0.05) is 86.5 Å². The number of amides is 3. The standard InChI is InChI=1S/C50H51ClN8O6/c1-4-45(62)59-20-19-56(27-36(59)13-16-52)47-37-15-18-55(42-10-6-8-32-7-5-9-40(51)46(32)42)28-41(37)53-50(54-47)65-29-31-14-17-57(24-31)48(63)33-11-12-34-25-58(26-35(34)21-33)49(64)39-22-38(30(2)3)43(60)23-44(39)61/h4-12,21-23,30-31,36,60-61H,1,13-15,17-20,24-29H2,2-3H3/t31-,36+/m1/s1. The van der Waals surface area contributed by atoms with Crippen molar-refractivity contribution in [2.45, 2.75) is 64.7 Å². The molecule has 0 unspecified atom stereocenters. The third-order valence-corrected chi connectivity index (χ3v) is 13.6. The number of carbonyl (C=O) groups is 3. The molecule has 0 spiro atoms. The normalized spacial score (nSPS) is 18.2. The van der Waals surface area contributed by atoms with E-state index in [0.29, 0.717) is 88.1 Å². The highest BCUT2D eigenvalue weighted by atomic mass is 35.5. The Labute approximate surface area is 382 Å². The number of likely N-dealkylation sites (tertiary alicyclic amines) is 1. The van der Waals surface area contributed by atoms with E-state index in [9.17, 15) is 29.9 Å². The van der Waals surface area contributed by atoms with Crippen LogP contribution >= 0.6 is 11.6 Å². The summed E-state index contributed by atoms with van der Waals surface area (Å²) in [5.74, 6) is -0.229. The van der Waals surface area contributed by atoms with Crippen molar-refractivity contribution in [1.82, 2.24) is 24.7 Å². The lowest BCUT2D eigenvalue weighted by molar-refractivity contribution is -0.128. The van der Waals surface area contributed by atoms with Gasteiger partial charge in [0.25, 0.3) is 11.8 Å². The largest absolute Gasteiger partial charge is 0.508 e. The van der Waals surface area contributed by atoms with E-state index in [-0.39, 0.29) is 65.1 Å². The van der Waals surface area contributed by atoms with Gasteiger partial charge >= 0.3 is 6.01 Å². The van der Waals surface area contributed by atoms with Gasteiger partial charge in [0.2, 0.25) is 5.91 Å². The molecule has 9 rings (SSSR count). The minimum atomic E-state index is -0.344. The second-order valence-corrected chi connectivity index (χ2v) is 18.1. The smallest absolute Gasteiger partial charge is 0.318 e. The summed E-state index contributed by atoms with van der Waals surface area (Å²) in [5, 5.41) is 33.3. The third-order valence-electron chi connectivity index (χ3n) is 13.2. The van der Waals surface area contributed by atoms with Crippen LogP contribution in [0, 0.1) is 17.2 Å². The van der Waals surface area contributed by atoms with E-state index in [1.54, 1.807) is 21.9 Å². The molecule has 4 aliphatic rings. The molecule has 0 radical (unpaired) electrons. The quantitative estimate of drug-likeness (QED) is 0.136. The van der Waals surface area contributed by atoms with E-state index >= 15 is 0 Å². The maximum absolute atomic E-state index is 13.9. The number of ether oxygens (including phenoxy) is 1. The molecule has 2 N–H and O–H groups in total. The summed E-state index contributed by atoms with van der Waals surface area (Å²) >= 11 is 6.78. The van der Waals surface area contributed by atoms with Crippen LogP contribution in [-0.2, 0) is 30.8 Å². The fourth-order valence-corrected chi connectivity index (χ4v) is 10.1. The van der Waals surface area contributed by atoms with Crippen LogP contribution in [0.25, 0.3) is 10.8 Å². The Morgan fingerprint density at radius 3 is 2.49 bits per heavy atom. The summed E-state index contributed by atoms with van der Waals surface area (Å²) in [6, 6.07) is 22.6. The van der Waals surface area contributed by atoms with Crippen LogP contribution in [-0.4, -0.2) is 105 Å². The van der Waals surface area contributed by atoms with Gasteiger partial charge in [0.05, 0.1) is 48.0 Å². The minimum absolute atomic E-state index is 0.0288. The molecule has 3 amide bonds. The van der Waals surface area contributed by atoms with Crippen molar-refractivity contribution in [3.05, 3.63) is 123 Å². The van der Waals surface area contributed by atoms with Crippen molar-refractivity contribution in [1.29, 1.82) is 5.26 Å². The second-order valence-electron chi connectivity index (χ2n) is 17.7. The first-order valence-corrected chi connectivity index (χ1v) is 22.5. The topological polar surface area (TPSA) is 167 Å². The molecule has 5 aromatic rings. The van der Waals surface area contributed by atoms with E-state index in [4.69, 9.17) is 26.3 Å². The Hall–Kier alpha value is -6.85. The zero-order valence-electron chi connectivity index (χ0n) is 36.5. The Balaban J connectivity index is 0.904. The summed E-state index contributed by atoms with van der Waals surface area (Å²) in [5.41, 5.74) is 5.94. The average molecular weight is 895 g/mol. The highest BCUT2D eigenvalue weighted by Gasteiger charge is 2.35. The summed E-state index contributed by atoms with van der Waals surface area (Å²) in [7, 11) is 0. The average Bonchev–Trinajstić information content (AvgIpc) is 3.97. The fourth-order valence-electron chi connectivity index (χ4n) is 9.79. The number of carbonyl (C=O) groups excluding carboxylic acids is 3. The van der Waals surface area contributed by atoms with Crippen molar-refractivity contribution in [3.63, 3.8) is 0 Å². The van der Waals surface area contributed by atoms with Gasteiger partial charge in [-0.1, -0.05) is 62.4 Å². The number of aromatic nitrogens is 2. The molecule has 0 saturated carbocycles. The predicted molar refractivity (Wildman–Crippen MR) is 247 cm³/mol. The summed E-state index contributed by atoms with van der Waals surface area (Å²) < 4.78 is 6.44. The van der Waals surface area contributed by atoms with Crippen molar-refractivity contribution in [2.75, 3.05) is 55.7 Å². The van der Waals surface area contributed by atoms with Gasteiger partial charge in [-0.25, -0.2) is 0 Å².